The van der Waals surface area contributed by atoms with Gasteiger partial charge in [-0.3, -0.25) is 9.59 Å². The van der Waals surface area contributed by atoms with Crippen molar-refractivity contribution in [2.75, 3.05) is 13.2 Å². The molecule has 2 unspecified atom stereocenters. The first-order valence-corrected chi connectivity index (χ1v) is 6.14. The lowest BCUT2D eigenvalue weighted by atomic mass is 10.3. The number of carbonyl (C=O) groups is 2. The van der Waals surface area contributed by atoms with E-state index in [-0.39, 0.29) is 17.9 Å². The maximum atomic E-state index is 11.5. The number of carboxylic acids is 1. The van der Waals surface area contributed by atoms with Crippen LogP contribution in [-0.4, -0.2) is 36.2 Å². The van der Waals surface area contributed by atoms with Crippen LogP contribution < -0.4 is 5.32 Å². The minimum absolute atomic E-state index is 0.123. The second-order valence-electron chi connectivity index (χ2n) is 4.70. The van der Waals surface area contributed by atoms with Gasteiger partial charge in [-0.25, -0.2) is 0 Å². The van der Waals surface area contributed by atoms with Gasteiger partial charge >= 0.3 is 5.97 Å². The topological polar surface area (TPSA) is 75.6 Å². The summed E-state index contributed by atoms with van der Waals surface area (Å²) in [6, 6.07) is 0. The fourth-order valence-corrected chi connectivity index (χ4v) is 1.65. The molecule has 0 aliphatic heterocycles. The zero-order valence-corrected chi connectivity index (χ0v) is 10.4. The van der Waals surface area contributed by atoms with Crippen LogP contribution in [0.3, 0.4) is 0 Å². The molecule has 1 rings (SSSR count). The average molecular weight is 243 g/mol. The van der Waals surface area contributed by atoms with Crippen molar-refractivity contribution in [3.05, 3.63) is 0 Å². The van der Waals surface area contributed by atoms with Gasteiger partial charge in [0, 0.05) is 13.2 Å². The molecule has 0 aromatic carbocycles. The highest BCUT2D eigenvalue weighted by molar-refractivity contribution is 5.89. The van der Waals surface area contributed by atoms with Crippen molar-refractivity contribution in [3.8, 4) is 0 Å². The quantitative estimate of drug-likeness (QED) is 0.624. The van der Waals surface area contributed by atoms with Crippen LogP contribution in [0.5, 0.6) is 0 Å². The predicted octanol–water partition coefficient (Wildman–Crippen LogP) is 1.03. The lowest BCUT2D eigenvalue weighted by Crippen LogP contribution is -2.27. The van der Waals surface area contributed by atoms with Crippen LogP contribution in [0.2, 0.25) is 0 Å². The summed E-state index contributed by atoms with van der Waals surface area (Å²) in [5.41, 5.74) is 0. The second kappa shape index (κ2) is 6.59. The summed E-state index contributed by atoms with van der Waals surface area (Å²) >= 11 is 0. The molecule has 0 heterocycles. The van der Waals surface area contributed by atoms with Gasteiger partial charge in [-0.1, -0.05) is 0 Å². The van der Waals surface area contributed by atoms with Crippen LogP contribution in [0, 0.1) is 11.8 Å². The van der Waals surface area contributed by atoms with Gasteiger partial charge in [0.25, 0.3) is 0 Å². The van der Waals surface area contributed by atoms with Crippen LogP contribution in [0.4, 0.5) is 0 Å². The molecule has 2 atom stereocenters. The number of carboxylic acid groups (broad SMARTS) is 1. The van der Waals surface area contributed by atoms with E-state index in [0.717, 1.165) is 12.8 Å². The molecule has 0 saturated heterocycles. The Bertz CT molecular complexity index is 278. The molecule has 0 aromatic rings. The van der Waals surface area contributed by atoms with Gasteiger partial charge in [-0.15, -0.1) is 0 Å². The third kappa shape index (κ3) is 5.17. The van der Waals surface area contributed by atoms with Gasteiger partial charge in [0.15, 0.2) is 0 Å². The lowest BCUT2D eigenvalue weighted by molar-refractivity contribution is -0.140. The van der Waals surface area contributed by atoms with Crippen molar-refractivity contribution in [1.82, 2.24) is 5.32 Å². The van der Waals surface area contributed by atoms with Gasteiger partial charge in [0.1, 0.15) is 0 Å². The molecule has 0 radical (unpaired) electrons. The average Bonchev–Trinajstić information content (AvgIpc) is 3.02. The fourth-order valence-electron chi connectivity index (χ4n) is 1.65. The molecule has 0 aromatic heterocycles. The smallest absolute Gasteiger partial charge is 0.307 e. The monoisotopic (exact) mass is 243 g/mol. The maximum absolute atomic E-state index is 11.5. The SMILES string of the molecule is CC(C)OCCCCNC(=O)C1CC1C(=O)O. The first-order chi connectivity index (χ1) is 8.02. The van der Waals surface area contributed by atoms with E-state index in [1.807, 2.05) is 13.8 Å². The Balaban J connectivity index is 1.97. The fraction of sp³-hybridized carbons (Fsp3) is 0.833. The minimum Gasteiger partial charge on any atom is -0.481 e. The van der Waals surface area contributed by atoms with E-state index >= 15 is 0 Å². The highest BCUT2D eigenvalue weighted by Gasteiger charge is 2.48. The van der Waals surface area contributed by atoms with Crippen LogP contribution in [0.15, 0.2) is 0 Å². The number of carbonyl (C=O) groups excluding carboxylic acids is 1. The molecule has 1 amide bonds. The molecular formula is C12H21NO4. The molecular weight excluding hydrogens is 222 g/mol. The normalized spacial score (nSPS) is 22.5. The Morgan fingerprint density at radius 2 is 2.06 bits per heavy atom. The van der Waals surface area contributed by atoms with Gasteiger partial charge in [-0.05, 0) is 33.1 Å². The van der Waals surface area contributed by atoms with Gasteiger partial charge in [0.2, 0.25) is 5.91 Å². The summed E-state index contributed by atoms with van der Waals surface area (Å²) < 4.78 is 5.37. The van der Waals surface area contributed by atoms with Crippen molar-refractivity contribution in [2.45, 2.75) is 39.2 Å². The Hall–Kier alpha value is -1.10. The third-order valence-electron chi connectivity index (χ3n) is 2.77. The largest absolute Gasteiger partial charge is 0.481 e. The van der Waals surface area contributed by atoms with Crippen LogP contribution in [-0.2, 0) is 14.3 Å². The Morgan fingerprint density at radius 3 is 2.59 bits per heavy atom. The standard InChI is InChI=1S/C12H21NO4/c1-8(2)17-6-4-3-5-13-11(14)9-7-10(9)12(15)16/h8-10H,3-7H2,1-2H3,(H,13,14)(H,15,16). The lowest BCUT2D eigenvalue weighted by Gasteiger charge is -2.07. The predicted molar refractivity (Wildman–Crippen MR) is 62.6 cm³/mol. The molecule has 1 aliphatic carbocycles. The molecule has 0 spiro atoms. The number of amides is 1. The Labute approximate surface area is 102 Å². The number of nitrogens with one attached hydrogen (secondary N) is 1. The highest BCUT2D eigenvalue weighted by atomic mass is 16.5. The van der Waals surface area contributed by atoms with Crippen molar-refractivity contribution in [2.24, 2.45) is 11.8 Å². The maximum Gasteiger partial charge on any atom is 0.307 e. The summed E-state index contributed by atoms with van der Waals surface area (Å²) in [6.07, 6.45) is 2.50. The summed E-state index contributed by atoms with van der Waals surface area (Å²) in [6.45, 7) is 5.28. The number of rotatable bonds is 8. The number of unbranched alkanes of at least 4 members (excludes halogenated alkanes) is 1. The first kappa shape index (κ1) is 14.0. The minimum atomic E-state index is -0.865. The molecule has 1 saturated carbocycles. The first-order valence-electron chi connectivity index (χ1n) is 6.14. The summed E-state index contributed by atoms with van der Waals surface area (Å²) in [5.74, 6) is -1.75. The summed E-state index contributed by atoms with van der Waals surface area (Å²) in [5, 5.41) is 11.4. The van der Waals surface area contributed by atoms with Gasteiger partial charge in [-0.2, -0.15) is 0 Å². The van der Waals surface area contributed by atoms with E-state index in [9.17, 15) is 9.59 Å². The number of hydrogen-bond donors (Lipinski definition) is 2. The molecule has 0 bridgehead atoms. The van der Waals surface area contributed by atoms with E-state index in [1.165, 1.54) is 0 Å². The van der Waals surface area contributed by atoms with Crippen molar-refractivity contribution in [1.29, 1.82) is 0 Å². The van der Waals surface area contributed by atoms with Crippen LogP contribution >= 0.6 is 0 Å². The second-order valence-corrected chi connectivity index (χ2v) is 4.70. The van der Waals surface area contributed by atoms with Crippen molar-refractivity contribution >= 4 is 11.9 Å². The van der Waals surface area contributed by atoms with E-state index in [0.29, 0.717) is 19.6 Å². The molecule has 17 heavy (non-hydrogen) atoms. The molecule has 1 fully saturated rings. The van der Waals surface area contributed by atoms with Crippen molar-refractivity contribution in [3.63, 3.8) is 0 Å². The van der Waals surface area contributed by atoms with E-state index in [4.69, 9.17) is 9.84 Å². The molecule has 2 N–H and O–H groups in total. The third-order valence-corrected chi connectivity index (χ3v) is 2.77. The van der Waals surface area contributed by atoms with Crippen molar-refractivity contribution < 1.29 is 19.4 Å². The van der Waals surface area contributed by atoms with Gasteiger partial charge < -0.3 is 15.2 Å². The molecule has 5 heteroatoms. The number of aliphatic carboxylic acids is 1. The van der Waals surface area contributed by atoms with E-state index in [1.54, 1.807) is 0 Å². The van der Waals surface area contributed by atoms with E-state index < -0.39 is 11.9 Å². The highest BCUT2D eigenvalue weighted by Crippen LogP contribution is 2.38. The van der Waals surface area contributed by atoms with Crippen LogP contribution in [0.25, 0.3) is 0 Å². The molecule has 5 nitrogen and oxygen atoms in total. The summed E-state index contributed by atoms with van der Waals surface area (Å²) in [4.78, 5) is 22.0. The number of hydrogen-bond acceptors (Lipinski definition) is 3. The molecule has 98 valence electrons. The Kier molecular flexibility index (Phi) is 5.41. The summed E-state index contributed by atoms with van der Waals surface area (Å²) in [7, 11) is 0. The number of ether oxygens (including phenoxy) is 1. The molecule has 1 aliphatic rings. The Morgan fingerprint density at radius 1 is 1.35 bits per heavy atom. The zero-order valence-electron chi connectivity index (χ0n) is 10.4. The van der Waals surface area contributed by atoms with Crippen LogP contribution in [0.1, 0.15) is 33.1 Å². The zero-order chi connectivity index (χ0) is 12.8. The van der Waals surface area contributed by atoms with Gasteiger partial charge in [0.05, 0.1) is 17.9 Å². The van der Waals surface area contributed by atoms with E-state index in [2.05, 4.69) is 5.32 Å².